The molecule has 114 heavy (non-hydrogen) atoms. The lowest BCUT2D eigenvalue weighted by Gasteiger charge is -2.39. The molecular formula is C102H60N10O2. The molecule has 2 aliphatic heterocycles. The summed E-state index contributed by atoms with van der Waals surface area (Å²) >= 11 is 0. The van der Waals surface area contributed by atoms with Crippen molar-refractivity contribution >= 4 is 21.9 Å². The Morgan fingerprint density at radius 2 is 0.526 bits per heavy atom. The molecule has 0 amide bonds. The van der Waals surface area contributed by atoms with Crippen LogP contribution in [0.3, 0.4) is 0 Å². The minimum absolute atomic E-state index is 0.560. The van der Waals surface area contributed by atoms with Crippen molar-refractivity contribution in [2.45, 2.75) is 10.8 Å². The van der Waals surface area contributed by atoms with Crippen molar-refractivity contribution in [3.63, 3.8) is 0 Å². The summed E-state index contributed by atoms with van der Waals surface area (Å²) in [5.41, 5.74) is 25.8. The number of benzene rings is 15. The lowest BCUT2D eigenvalue weighted by atomic mass is 9.66. The first kappa shape index (κ1) is 64.6. The molecular weight excluding hydrogens is 1400 g/mol. The van der Waals surface area contributed by atoms with Crippen molar-refractivity contribution in [3.8, 4) is 159 Å². The predicted octanol–water partition coefficient (Wildman–Crippen LogP) is 23.6. The Morgan fingerprint density at radius 3 is 1.00 bits per heavy atom. The molecule has 19 aromatic rings. The second kappa shape index (κ2) is 25.6. The molecule has 0 bridgehead atoms. The number of fused-ring (bicyclic) bond motifs is 20. The summed E-state index contributed by atoms with van der Waals surface area (Å²) in [4.78, 5) is 52.2. The fourth-order valence-corrected chi connectivity index (χ4v) is 17.8. The van der Waals surface area contributed by atoms with Crippen LogP contribution in [0.4, 0.5) is 0 Å². The van der Waals surface area contributed by atoms with Gasteiger partial charge in [-0.05, 0) is 122 Å². The molecule has 2 spiro atoms. The van der Waals surface area contributed by atoms with E-state index in [4.69, 9.17) is 59.3 Å². The molecule has 6 heterocycles. The highest BCUT2D eigenvalue weighted by molar-refractivity contribution is 5.97. The number of para-hydroxylation sites is 7. The topological polar surface area (TPSA) is 147 Å². The minimum Gasteiger partial charge on any atom is -0.457 e. The summed E-state index contributed by atoms with van der Waals surface area (Å²) in [5.74, 6) is 7.31. The summed E-state index contributed by atoms with van der Waals surface area (Å²) in [6.45, 7) is 0. The van der Waals surface area contributed by atoms with Crippen LogP contribution in [0.5, 0.6) is 23.0 Å². The van der Waals surface area contributed by atoms with Crippen LogP contribution in [0, 0.1) is 0 Å². The quantitative estimate of drug-likeness (QED) is 0.128. The summed E-state index contributed by atoms with van der Waals surface area (Å²) in [6.07, 6.45) is 1.88. The first-order chi connectivity index (χ1) is 56.4. The third-order valence-electron chi connectivity index (χ3n) is 23.0. The average molecular weight is 1460 g/mol. The lowest BCUT2D eigenvalue weighted by molar-refractivity contribution is 0.436. The van der Waals surface area contributed by atoms with Crippen molar-refractivity contribution in [2.24, 2.45) is 0 Å². The largest absolute Gasteiger partial charge is 0.457 e. The van der Waals surface area contributed by atoms with E-state index in [0.29, 0.717) is 40.8 Å². The standard InChI is InChI=1S/C102H60N10O2/c1-4-22-64(23-5-1)94-107-95(65-24-6-2-7-25-65)110-99(109-94)69-51-55-78-76(57-69)73-53-49-71(59-84(73)102(78)81-31-13-20-38-91(81)114-92-39-21-14-32-82(92)102)98-105-85-33-15-10-28-74(85)93(106-98)63-44-40-61(41-45-63)62-42-46-67(47-43-62)97-108-96(66-26-8-3-9-27-66)111-100(112-97)70-50-54-77-75(56-70)72-52-48-68(88-60-103-86-34-16-17-35-87(86)104-88)58-83(72)101(77)79-29-11-18-36-89(79)113-90-37-19-12-30-80(90)101/h1-60H. The van der Waals surface area contributed by atoms with Gasteiger partial charge in [0.25, 0.3) is 0 Å². The molecule has 15 aromatic carbocycles. The molecule has 0 saturated carbocycles. The highest BCUT2D eigenvalue weighted by atomic mass is 16.5. The fraction of sp³-hybridized carbons (Fsp3) is 0.0196. The van der Waals surface area contributed by atoms with Crippen LogP contribution in [-0.4, -0.2) is 49.8 Å². The number of aromatic nitrogens is 10. The highest BCUT2D eigenvalue weighted by Gasteiger charge is 2.53. The molecule has 23 rings (SSSR count). The normalized spacial score (nSPS) is 13.2. The molecule has 0 N–H and O–H groups in total. The molecule has 4 aliphatic rings. The zero-order chi connectivity index (χ0) is 75.0. The van der Waals surface area contributed by atoms with Gasteiger partial charge in [-0.25, -0.2) is 44.9 Å². The van der Waals surface area contributed by atoms with E-state index in [1.807, 2.05) is 152 Å². The minimum atomic E-state index is -0.791. The second-order valence-corrected chi connectivity index (χ2v) is 29.3. The highest BCUT2D eigenvalue weighted by Crippen LogP contribution is 2.65. The molecule has 0 unspecified atom stereocenters. The Morgan fingerprint density at radius 1 is 0.193 bits per heavy atom. The summed E-state index contributed by atoms with van der Waals surface area (Å²) in [6, 6.07) is 124. The van der Waals surface area contributed by atoms with Crippen LogP contribution < -0.4 is 9.47 Å². The van der Waals surface area contributed by atoms with E-state index in [-0.39, 0.29) is 0 Å². The van der Waals surface area contributed by atoms with Crippen LogP contribution in [0.1, 0.15) is 44.5 Å². The summed E-state index contributed by atoms with van der Waals surface area (Å²) in [5, 5.41) is 0.950. The van der Waals surface area contributed by atoms with E-state index in [0.717, 1.165) is 184 Å². The van der Waals surface area contributed by atoms with E-state index in [2.05, 4.69) is 212 Å². The van der Waals surface area contributed by atoms with E-state index < -0.39 is 10.8 Å². The number of ether oxygens (including phenoxy) is 2. The van der Waals surface area contributed by atoms with Gasteiger partial charge in [0.2, 0.25) is 0 Å². The maximum absolute atomic E-state index is 6.82. The molecule has 2 aliphatic carbocycles. The average Bonchev–Trinajstić information content (AvgIpc) is 1.51. The van der Waals surface area contributed by atoms with Crippen LogP contribution in [0.2, 0.25) is 0 Å². The lowest BCUT2D eigenvalue weighted by Crippen LogP contribution is -2.32. The molecule has 4 aromatic heterocycles. The first-order valence-corrected chi connectivity index (χ1v) is 38.2. The van der Waals surface area contributed by atoms with Crippen LogP contribution in [0.15, 0.2) is 364 Å². The van der Waals surface area contributed by atoms with E-state index in [9.17, 15) is 0 Å². The maximum atomic E-state index is 6.82. The maximum Gasteiger partial charge on any atom is 0.164 e. The number of hydrogen-bond donors (Lipinski definition) is 0. The van der Waals surface area contributed by atoms with Gasteiger partial charge in [0.1, 0.15) is 23.0 Å². The van der Waals surface area contributed by atoms with Gasteiger partial charge in [-0.1, -0.05) is 291 Å². The second-order valence-electron chi connectivity index (χ2n) is 29.3. The predicted molar refractivity (Wildman–Crippen MR) is 449 cm³/mol. The van der Waals surface area contributed by atoms with Crippen LogP contribution in [0.25, 0.3) is 158 Å². The van der Waals surface area contributed by atoms with Crippen molar-refractivity contribution in [3.05, 3.63) is 409 Å². The van der Waals surface area contributed by atoms with Gasteiger partial charge in [-0.15, -0.1) is 0 Å². The molecule has 12 heteroatoms. The summed E-state index contributed by atoms with van der Waals surface area (Å²) < 4.78 is 13.6. The van der Waals surface area contributed by atoms with E-state index >= 15 is 0 Å². The van der Waals surface area contributed by atoms with Crippen LogP contribution >= 0.6 is 0 Å². The van der Waals surface area contributed by atoms with E-state index in [1.165, 1.54) is 0 Å². The monoisotopic (exact) mass is 1460 g/mol. The van der Waals surface area contributed by atoms with Gasteiger partial charge in [-0.2, -0.15) is 0 Å². The van der Waals surface area contributed by atoms with E-state index in [1.54, 1.807) is 0 Å². The first-order valence-electron chi connectivity index (χ1n) is 38.2. The van der Waals surface area contributed by atoms with Crippen molar-refractivity contribution < 1.29 is 9.47 Å². The Kier molecular flexibility index (Phi) is 14.5. The third kappa shape index (κ3) is 10.1. The number of nitrogens with zero attached hydrogens (tertiary/aromatic N) is 10. The van der Waals surface area contributed by atoms with Gasteiger partial charge >= 0.3 is 0 Å². The Balaban J connectivity index is 0.601. The zero-order valence-corrected chi connectivity index (χ0v) is 60.9. The number of rotatable bonds is 10. The SMILES string of the molecule is c1ccc(-c2nc(-c3ccc(-c4ccc(-c5nc(-c6ccc7c(c6)C6(c8ccccc8Oc8ccccc86)c6ccc(-c8nc(-c9ccccc9)nc(-c9ccccc9)n8)cc6-7)nc6ccccc56)cc4)cc3)nc(-c3ccc4c(c3)-c3ccc(-c5cnc6ccccc6n5)cc3C43c4ccccc4Oc4ccccc43)n2)cc1. The Hall–Kier alpha value is -15.4. The zero-order valence-electron chi connectivity index (χ0n) is 60.9. The van der Waals surface area contributed by atoms with Crippen molar-refractivity contribution in [2.75, 3.05) is 0 Å². The van der Waals surface area contributed by atoms with Crippen molar-refractivity contribution in [1.29, 1.82) is 0 Å². The molecule has 0 saturated heterocycles. The van der Waals surface area contributed by atoms with Gasteiger partial charge in [0, 0.05) is 77.7 Å². The molecule has 12 nitrogen and oxygen atoms in total. The summed E-state index contributed by atoms with van der Waals surface area (Å²) in [7, 11) is 0. The smallest absolute Gasteiger partial charge is 0.164 e. The molecule has 0 atom stereocenters. The molecule has 0 fully saturated rings. The third-order valence-corrected chi connectivity index (χ3v) is 23.0. The van der Waals surface area contributed by atoms with Gasteiger partial charge in [-0.3, -0.25) is 4.98 Å². The van der Waals surface area contributed by atoms with Crippen LogP contribution in [-0.2, 0) is 10.8 Å². The van der Waals surface area contributed by atoms with Gasteiger partial charge in [0.05, 0.1) is 45.0 Å². The molecule has 530 valence electrons. The van der Waals surface area contributed by atoms with Gasteiger partial charge < -0.3 is 9.47 Å². The van der Waals surface area contributed by atoms with Crippen molar-refractivity contribution in [1.82, 2.24) is 49.8 Å². The van der Waals surface area contributed by atoms with Gasteiger partial charge in [0.15, 0.2) is 40.8 Å². The molecule has 0 radical (unpaired) electrons. The number of hydrogen-bond acceptors (Lipinski definition) is 12. The Labute approximate surface area is 655 Å². The fourth-order valence-electron chi connectivity index (χ4n) is 17.8. The Bertz CT molecular complexity index is 7030.